The number of thiazole rings is 2. The molecule has 0 spiro atoms. The normalized spacial score (nSPS) is 13.1. The molecule has 170 valence electrons. The number of nitrogens with zero attached hydrogens (tertiary/aromatic N) is 5. The number of thioether (sulfide) groups is 1. The second kappa shape index (κ2) is 10.1. The van der Waals surface area contributed by atoms with E-state index in [4.69, 9.17) is 9.40 Å². The summed E-state index contributed by atoms with van der Waals surface area (Å²) in [5, 5.41) is 12.4. The van der Waals surface area contributed by atoms with E-state index in [9.17, 15) is 4.79 Å². The quantitative estimate of drug-likeness (QED) is 0.314. The largest absolute Gasteiger partial charge is 0.416 e. The molecule has 0 atom stereocenters. The van der Waals surface area contributed by atoms with Crippen molar-refractivity contribution in [2.24, 2.45) is 0 Å². The third-order valence-corrected chi connectivity index (χ3v) is 8.12. The van der Waals surface area contributed by atoms with Crippen LogP contribution in [0.1, 0.15) is 45.6 Å². The van der Waals surface area contributed by atoms with Crippen molar-refractivity contribution in [2.45, 2.75) is 50.8 Å². The summed E-state index contributed by atoms with van der Waals surface area (Å²) in [7, 11) is 0. The summed E-state index contributed by atoms with van der Waals surface area (Å²) in [5.74, 6) is 0.683. The number of fused-ring (bicyclic) bond motifs is 1. The Hall–Kier alpha value is -2.56. The lowest BCUT2D eigenvalue weighted by atomic mass is 10.0. The molecule has 33 heavy (non-hydrogen) atoms. The van der Waals surface area contributed by atoms with Crippen molar-refractivity contribution in [1.29, 1.82) is 0 Å². The van der Waals surface area contributed by atoms with Crippen molar-refractivity contribution in [3.8, 4) is 0 Å². The van der Waals surface area contributed by atoms with Gasteiger partial charge in [0.1, 0.15) is 0 Å². The first-order chi connectivity index (χ1) is 16.1. The van der Waals surface area contributed by atoms with Crippen LogP contribution in [0, 0.1) is 6.92 Å². The van der Waals surface area contributed by atoms with Gasteiger partial charge in [-0.1, -0.05) is 42.1 Å². The number of hydrogen-bond acceptors (Lipinski definition) is 9. The molecule has 7 nitrogen and oxygen atoms in total. The van der Waals surface area contributed by atoms with Gasteiger partial charge in [0.15, 0.2) is 5.13 Å². The van der Waals surface area contributed by atoms with E-state index in [1.807, 2.05) is 42.6 Å². The van der Waals surface area contributed by atoms with Gasteiger partial charge in [-0.15, -0.1) is 32.9 Å². The summed E-state index contributed by atoms with van der Waals surface area (Å²) < 4.78 is 5.74. The second-order valence-electron chi connectivity index (χ2n) is 7.82. The number of benzene rings is 1. The Bertz CT molecular complexity index is 1210. The third-order valence-electron chi connectivity index (χ3n) is 5.32. The summed E-state index contributed by atoms with van der Waals surface area (Å²) in [5.41, 5.74) is 3.14. The van der Waals surface area contributed by atoms with Crippen LogP contribution in [0.3, 0.4) is 0 Å². The molecule has 1 amide bonds. The Balaban J connectivity index is 1.28. The molecule has 0 unspecified atom stereocenters. The maximum atomic E-state index is 13.3. The van der Waals surface area contributed by atoms with Gasteiger partial charge in [-0.2, -0.15) is 0 Å². The highest BCUT2D eigenvalue weighted by Gasteiger charge is 2.24. The zero-order valence-corrected chi connectivity index (χ0v) is 20.6. The number of rotatable bonds is 8. The average Bonchev–Trinajstić information content (AvgIpc) is 3.56. The van der Waals surface area contributed by atoms with Gasteiger partial charge in [-0.3, -0.25) is 9.69 Å². The fourth-order valence-electron chi connectivity index (χ4n) is 3.70. The summed E-state index contributed by atoms with van der Waals surface area (Å²) in [6.07, 6.45) is 4.90. The first-order valence-electron chi connectivity index (χ1n) is 10.8. The van der Waals surface area contributed by atoms with Crippen LogP contribution < -0.4 is 4.90 Å². The van der Waals surface area contributed by atoms with Gasteiger partial charge in [0.05, 0.1) is 35.1 Å². The second-order valence-corrected chi connectivity index (χ2v) is 10.9. The number of carbonyl (C=O) groups excluding carboxylic acids is 1. The van der Waals surface area contributed by atoms with Crippen LogP contribution in [0.5, 0.6) is 0 Å². The molecule has 0 aliphatic heterocycles. The van der Waals surface area contributed by atoms with E-state index >= 15 is 0 Å². The van der Waals surface area contributed by atoms with Gasteiger partial charge in [0, 0.05) is 10.3 Å². The molecule has 0 N–H and O–H groups in total. The molecule has 3 heterocycles. The van der Waals surface area contributed by atoms with E-state index in [0.29, 0.717) is 24.1 Å². The van der Waals surface area contributed by atoms with Crippen LogP contribution in [0.2, 0.25) is 0 Å². The highest BCUT2D eigenvalue weighted by atomic mass is 32.2. The van der Waals surface area contributed by atoms with Crippen molar-refractivity contribution in [2.75, 3.05) is 10.7 Å². The molecule has 1 aliphatic rings. The fourth-order valence-corrected chi connectivity index (χ4v) is 6.13. The molecule has 0 saturated heterocycles. The molecule has 10 heteroatoms. The Labute approximate surface area is 204 Å². The lowest BCUT2D eigenvalue weighted by Crippen LogP contribution is -2.31. The van der Waals surface area contributed by atoms with Crippen molar-refractivity contribution >= 4 is 45.5 Å². The van der Waals surface area contributed by atoms with E-state index in [1.54, 1.807) is 27.6 Å². The van der Waals surface area contributed by atoms with Gasteiger partial charge >= 0.3 is 0 Å². The predicted octanol–water partition coefficient (Wildman–Crippen LogP) is 5.09. The number of amides is 1. The van der Waals surface area contributed by atoms with Crippen LogP contribution in [0.25, 0.3) is 0 Å². The zero-order chi connectivity index (χ0) is 22.6. The predicted molar refractivity (Wildman–Crippen MR) is 131 cm³/mol. The number of hydrogen-bond donors (Lipinski definition) is 0. The van der Waals surface area contributed by atoms with Gasteiger partial charge in [0.2, 0.25) is 11.8 Å². The van der Waals surface area contributed by atoms with E-state index in [-0.39, 0.29) is 11.7 Å². The smallest absolute Gasteiger partial charge is 0.277 e. The molecule has 0 fully saturated rings. The van der Waals surface area contributed by atoms with Crippen LogP contribution >= 0.6 is 34.4 Å². The molecule has 1 aliphatic carbocycles. The summed E-state index contributed by atoms with van der Waals surface area (Å²) in [6.45, 7) is 2.46. The topological polar surface area (TPSA) is 85.0 Å². The lowest BCUT2D eigenvalue weighted by Gasteiger charge is -2.19. The van der Waals surface area contributed by atoms with Crippen LogP contribution in [0.15, 0.2) is 45.4 Å². The number of carbonyl (C=O) groups is 1. The molecule has 3 aromatic heterocycles. The standard InChI is InChI=1S/C23H23N5O2S3/c1-15-24-17(13-31-15)11-20-26-27-23(30-20)32-14-21(29)28(12-16-7-3-2-4-8-16)22-25-18-9-5-6-10-19(18)33-22/h2-4,7-8,13H,5-6,9-12,14H2,1H3. The molecular formula is C23H23N5O2S3. The fraction of sp³-hybridized carbons (Fsp3) is 0.348. The molecule has 4 aromatic rings. The van der Waals surface area contributed by atoms with Crippen molar-refractivity contribution in [3.63, 3.8) is 0 Å². The van der Waals surface area contributed by atoms with E-state index < -0.39 is 0 Å². The lowest BCUT2D eigenvalue weighted by molar-refractivity contribution is -0.116. The first-order valence-corrected chi connectivity index (χ1v) is 13.5. The SMILES string of the molecule is Cc1nc(Cc2nnc(SCC(=O)N(Cc3ccccc3)c3nc4c(s3)CCCC4)o2)cs1. The van der Waals surface area contributed by atoms with Gasteiger partial charge in [0.25, 0.3) is 5.22 Å². The van der Waals surface area contributed by atoms with Crippen LogP contribution in [-0.2, 0) is 30.6 Å². The van der Waals surface area contributed by atoms with Crippen molar-refractivity contribution in [3.05, 3.63) is 68.4 Å². The molecule has 1 aromatic carbocycles. The van der Waals surface area contributed by atoms with E-state index in [0.717, 1.165) is 39.9 Å². The summed E-state index contributed by atoms with van der Waals surface area (Å²) in [6, 6.07) is 10.0. The highest BCUT2D eigenvalue weighted by Crippen LogP contribution is 2.33. The number of aryl methyl sites for hydroxylation is 3. The Morgan fingerprint density at radius 1 is 1.15 bits per heavy atom. The van der Waals surface area contributed by atoms with Crippen LogP contribution in [0.4, 0.5) is 5.13 Å². The molecule has 0 bridgehead atoms. The summed E-state index contributed by atoms with van der Waals surface area (Å²) >= 11 is 4.50. The average molecular weight is 498 g/mol. The van der Waals surface area contributed by atoms with Crippen molar-refractivity contribution in [1.82, 2.24) is 20.2 Å². The minimum atomic E-state index is -0.0233. The zero-order valence-electron chi connectivity index (χ0n) is 18.2. The minimum absolute atomic E-state index is 0.0233. The number of anilines is 1. The molecular weight excluding hydrogens is 474 g/mol. The minimum Gasteiger partial charge on any atom is -0.416 e. The summed E-state index contributed by atoms with van der Waals surface area (Å²) in [4.78, 5) is 25.7. The Morgan fingerprint density at radius 2 is 2.00 bits per heavy atom. The van der Waals surface area contributed by atoms with Gasteiger partial charge in [-0.05, 0) is 38.2 Å². The maximum absolute atomic E-state index is 13.3. The first kappa shape index (κ1) is 22.2. The van der Waals surface area contributed by atoms with Crippen LogP contribution in [-0.4, -0.2) is 31.8 Å². The molecule has 5 rings (SSSR count). The number of aromatic nitrogens is 4. The molecule has 0 saturated carbocycles. The molecule has 0 radical (unpaired) electrons. The maximum Gasteiger partial charge on any atom is 0.277 e. The Morgan fingerprint density at radius 3 is 2.79 bits per heavy atom. The van der Waals surface area contributed by atoms with Crippen molar-refractivity contribution < 1.29 is 9.21 Å². The Kier molecular flexibility index (Phi) is 6.84. The van der Waals surface area contributed by atoms with E-state index in [1.165, 1.54) is 29.5 Å². The van der Waals surface area contributed by atoms with Gasteiger partial charge < -0.3 is 4.42 Å². The van der Waals surface area contributed by atoms with E-state index in [2.05, 4.69) is 15.2 Å². The monoisotopic (exact) mass is 497 g/mol. The third kappa shape index (κ3) is 5.51. The highest BCUT2D eigenvalue weighted by molar-refractivity contribution is 7.99. The van der Waals surface area contributed by atoms with Gasteiger partial charge in [-0.25, -0.2) is 9.97 Å².